The normalized spacial score (nSPS) is 16.6. The van der Waals surface area contributed by atoms with Crippen LogP contribution in [-0.4, -0.2) is 40.4 Å². The molecule has 0 saturated carbocycles. The van der Waals surface area contributed by atoms with E-state index < -0.39 is 0 Å². The van der Waals surface area contributed by atoms with Gasteiger partial charge in [0.1, 0.15) is 11.6 Å². The Balaban J connectivity index is 1.34. The van der Waals surface area contributed by atoms with Gasteiger partial charge in [-0.05, 0) is 56.0 Å². The molecule has 1 saturated heterocycles. The molecule has 32 heavy (non-hydrogen) atoms. The van der Waals surface area contributed by atoms with Crippen LogP contribution in [0.4, 0.5) is 4.39 Å². The summed E-state index contributed by atoms with van der Waals surface area (Å²) in [5.74, 6) is 0.601. The number of carbonyl (C=O) groups excluding carboxylic acids is 1. The van der Waals surface area contributed by atoms with E-state index in [0.717, 1.165) is 50.3 Å². The van der Waals surface area contributed by atoms with Crippen LogP contribution in [0.5, 0.6) is 0 Å². The number of rotatable bonds is 7. The molecule has 4 rings (SSSR count). The standard InChI is InChI=1S/C26H29FN4O/c1-19-24(26(32)29-16-21-9-11-23(27)12-10-21)17-28-25(30-19)22-8-5-14-31(18-22)15-13-20-6-3-2-4-7-20/h2-4,6-7,9-12,17,22H,5,8,13-16,18H2,1H3,(H,29,32)/t22-/m0/s1. The van der Waals surface area contributed by atoms with E-state index >= 15 is 0 Å². The van der Waals surface area contributed by atoms with Gasteiger partial charge in [0.15, 0.2) is 0 Å². The fraction of sp³-hybridized carbons (Fsp3) is 0.346. The summed E-state index contributed by atoms with van der Waals surface area (Å²) in [4.78, 5) is 24.3. The number of hydrogen-bond acceptors (Lipinski definition) is 4. The van der Waals surface area contributed by atoms with Crippen molar-refractivity contribution in [1.82, 2.24) is 20.2 Å². The first-order valence-electron chi connectivity index (χ1n) is 11.2. The summed E-state index contributed by atoms with van der Waals surface area (Å²) in [5.41, 5.74) is 3.37. The average Bonchev–Trinajstić information content (AvgIpc) is 2.83. The number of piperidine rings is 1. The average molecular weight is 433 g/mol. The van der Waals surface area contributed by atoms with Gasteiger partial charge in [-0.2, -0.15) is 0 Å². The fourth-order valence-electron chi connectivity index (χ4n) is 4.19. The lowest BCUT2D eigenvalue weighted by atomic mass is 9.96. The van der Waals surface area contributed by atoms with Crippen LogP contribution in [0.1, 0.15) is 51.8 Å². The monoisotopic (exact) mass is 432 g/mol. The van der Waals surface area contributed by atoms with Crippen molar-refractivity contribution in [2.45, 2.75) is 38.6 Å². The largest absolute Gasteiger partial charge is 0.348 e. The molecule has 1 atom stereocenters. The number of carbonyl (C=O) groups is 1. The van der Waals surface area contributed by atoms with Crippen molar-refractivity contribution in [1.29, 1.82) is 0 Å². The Kier molecular flexibility index (Phi) is 7.22. The summed E-state index contributed by atoms with van der Waals surface area (Å²) in [6.45, 7) is 5.27. The molecule has 0 aliphatic carbocycles. The van der Waals surface area contributed by atoms with E-state index in [-0.39, 0.29) is 17.6 Å². The number of hydrogen-bond donors (Lipinski definition) is 1. The molecule has 1 amide bonds. The zero-order valence-electron chi connectivity index (χ0n) is 18.4. The number of halogens is 1. The van der Waals surface area contributed by atoms with E-state index in [9.17, 15) is 9.18 Å². The fourth-order valence-corrected chi connectivity index (χ4v) is 4.19. The van der Waals surface area contributed by atoms with Gasteiger partial charge in [0, 0.05) is 31.7 Å². The van der Waals surface area contributed by atoms with E-state index in [2.05, 4.69) is 44.5 Å². The molecular weight excluding hydrogens is 403 g/mol. The van der Waals surface area contributed by atoms with Gasteiger partial charge in [-0.25, -0.2) is 14.4 Å². The minimum atomic E-state index is -0.291. The van der Waals surface area contributed by atoms with Crippen LogP contribution in [0.2, 0.25) is 0 Å². The van der Waals surface area contributed by atoms with Gasteiger partial charge in [0.05, 0.1) is 11.3 Å². The van der Waals surface area contributed by atoms with Crippen molar-refractivity contribution >= 4 is 5.91 Å². The molecule has 1 aromatic heterocycles. The highest BCUT2D eigenvalue weighted by molar-refractivity contribution is 5.94. The second-order valence-corrected chi connectivity index (χ2v) is 8.41. The quantitative estimate of drug-likeness (QED) is 0.606. The van der Waals surface area contributed by atoms with E-state index in [1.165, 1.54) is 17.7 Å². The molecule has 2 heterocycles. The van der Waals surface area contributed by atoms with E-state index in [1.807, 2.05) is 13.0 Å². The van der Waals surface area contributed by atoms with E-state index in [0.29, 0.717) is 17.8 Å². The third-order valence-electron chi connectivity index (χ3n) is 6.04. The number of nitrogens with zero attached hydrogens (tertiary/aromatic N) is 3. The Morgan fingerprint density at radius 1 is 1.12 bits per heavy atom. The van der Waals surface area contributed by atoms with E-state index in [1.54, 1.807) is 18.3 Å². The highest BCUT2D eigenvalue weighted by Crippen LogP contribution is 2.25. The van der Waals surface area contributed by atoms with Crippen molar-refractivity contribution in [2.75, 3.05) is 19.6 Å². The Hall–Kier alpha value is -3.12. The lowest BCUT2D eigenvalue weighted by Gasteiger charge is -2.32. The van der Waals surface area contributed by atoms with Crippen molar-refractivity contribution in [3.63, 3.8) is 0 Å². The highest BCUT2D eigenvalue weighted by Gasteiger charge is 2.24. The Labute approximate surface area is 188 Å². The van der Waals surface area contributed by atoms with Crippen LogP contribution in [0.25, 0.3) is 0 Å². The second-order valence-electron chi connectivity index (χ2n) is 8.41. The summed E-state index contributed by atoms with van der Waals surface area (Å²) in [6, 6.07) is 16.7. The molecule has 1 N–H and O–H groups in total. The van der Waals surface area contributed by atoms with Crippen LogP contribution in [0.15, 0.2) is 60.8 Å². The molecule has 3 aromatic rings. The molecule has 1 fully saturated rings. The first-order valence-corrected chi connectivity index (χ1v) is 11.2. The number of benzene rings is 2. The maximum absolute atomic E-state index is 13.0. The number of nitrogens with one attached hydrogen (secondary N) is 1. The van der Waals surface area contributed by atoms with Crippen molar-refractivity contribution in [2.24, 2.45) is 0 Å². The van der Waals surface area contributed by atoms with Gasteiger partial charge in [0.2, 0.25) is 0 Å². The first-order chi connectivity index (χ1) is 15.6. The summed E-state index contributed by atoms with van der Waals surface area (Å²) in [5, 5.41) is 2.86. The van der Waals surface area contributed by atoms with Crippen LogP contribution in [0, 0.1) is 12.7 Å². The molecule has 0 radical (unpaired) electrons. The predicted octanol–water partition coefficient (Wildman–Crippen LogP) is 4.28. The lowest BCUT2D eigenvalue weighted by Crippen LogP contribution is -2.36. The number of aromatic nitrogens is 2. The van der Waals surface area contributed by atoms with Gasteiger partial charge in [-0.1, -0.05) is 42.5 Å². The molecule has 6 heteroatoms. The van der Waals surface area contributed by atoms with Gasteiger partial charge < -0.3 is 10.2 Å². The van der Waals surface area contributed by atoms with E-state index in [4.69, 9.17) is 0 Å². The Morgan fingerprint density at radius 2 is 1.91 bits per heavy atom. The number of likely N-dealkylation sites (tertiary alicyclic amines) is 1. The van der Waals surface area contributed by atoms with Crippen LogP contribution >= 0.6 is 0 Å². The van der Waals surface area contributed by atoms with Crippen molar-refractivity contribution < 1.29 is 9.18 Å². The first kappa shape index (κ1) is 22.1. The molecule has 0 bridgehead atoms. The maximum Gasteiger partial charge on any atom is 0.254 e. The van der Waals surface area contributed by atoms with Gasteiger partial charge in [-0.3, -0.25) is 4.79 Å². The molecule has 5 nitrogen and oxygen atoms in total. The van der Waals surface area contributed by atoms with Gasteiger partial charge in [0.25, 0.3) is 5.91 Å². The minimum absolute atomic E-state index is 0.216. The summed E-state index contributed by atoms with van der Waals surface area (Å²) >= 11 is 0. The van der Waals surface area contributed by atoms with Crippen molar-refractivity contribution in [3.05, 3.63) is 94.8 Å². The molecule has 2 aromatic carbocycles. The summed E-state index contributed by atoms with van der Waals surface area (Å²) in [7, 11) is 0. The van der Waals surface area contributed by atoms with Crippen LogP contribution < -0.4 is 5.32 Å². The molecule has 0 unspecified atom stereocenters. The third-order valence-corrected chi connectivity index (χ3v) is 6.04. The second kappa shape index (κ2) is 10.5. The lowest BCUT2D eigenvalue weighted by molar-refractivity contribution is 0.0949. The van der Waals surface area contributed by atoms with Crippen LogP contribution in [0.3, 0.4) is 0 Å². The Morgan fingerprint density at radius 3 is 2.66 bits per heavy atom. The van der Waals surface area contributed by atoms with Gasteiger partial charge in [-0.15, -0.1) is 0 Å². The molecule has 166 valence electrons. The predicted molar refractivity (Wildman–Crippen MR) is 123 cm³/mol. The zero-order chi connectivity index (χ0) is 22.3. The molecule has 0 spiro atoms. The van der Waals surface area contributed by atoms with Gasteiger partial charge >= 0.3 is 0 Å². The zero-order valence-corrected chi connectivity index (χ0v) is 18.4. The SMILES string of the molecule is Cc1nc([C@H]2CCCN(CCc3ccccc3)C2)ncc1C(=O)NCc1ccc(F)cc1. The van der Waals surface area contributed by atoms with Crippen LogP contribution in [-0.2, 0) is 13.0 Å². The third kappa shape index (κ3) is 5.77. The smallest absolute Gasteiger partial charge is 0.254 e. The molecular formula is C26H29FN4O. The van der Waals surface area contributed by atoms with Crippen molar-refractivity contribution in [3.8, 4) is 0 Å². The summed E-state index contributed by atoms with van der Waals surface area (Å²) < 4.78 is 13.0. The number of amides is 1. The Bertz CT molecular complexity index is 1040. The molecule has 1 aliphatic heterocycles. The molecule has 1 aliphatic rings. The maximum atomic E-state index is 13.0. The topological polar surface area (TPSA) is 58.1 Å². The number of aryl methyl sites for hydroxylation is 1. The summed E-state index contributed by atoms with van der Waals surface area (Å²) in [6.07, 6.45) is 4.88. The minimum Gasteiger partial charge on any atom is -0.348 e. The highest BCUT2D eigenvalue weighted by atomic mass is 19.1.